The first-order chi connectivity index (χ1) is 8.29. The van der Waals surface area contributed by atoms with Gasteiger partial charge in [-0.05, 0) is 45.0 Å². The molecule has 0 spiro atoms. The third kappa shape index (κ3) is 3.58. The Morgan fingerprint density at radius 2 is 2.24 bits per heavy atom. The topological polar surface area (TPSA) is 28.4 Å². The predicted molar refractivity (Wildman–Crippen MR) is 69.8 cm³/mol. The molecule has 1 N–H and O–H groups in total. The highest BCUT2D eigenvalue weighted by molar-refractivity contribution is 4.97. The summed E-state index contributed by atoms with van der Waals surface area (Å²) >= 11 is 0. The molecular weight excluding hydrogens is 212 g/mol. The third-order valence-corrected chi connectivity index (χ3v) is 3.83. The van der Waals surface area contributed by atoms with Gasteiger partial charge < -0.3 is 9.73 Å². The van der Waals surface area contributed by atoms with Crippen LogP contribution in [-0.4, -0.2) is 31.6 Å². The minimum absolute atomic E-state index is 0.697. The maximum absolute atomic E-state index is 5.39. The van der Waals surface area contributed by atoms with E-state index in [1.807, 2.05) is 12.1 Å². The van der Waals surface area contributed by atoms with E-state index in [1.54, 1.807) is 6.26 Å². The number of furan rings is 1. The number of hydrogen-bond donors (Lipinski definition) is 1. The molecule has 0 aliphatic heterocycles. The fourth-order valence-electron chi connectivity index (χ4n) is 2.94. The van der Waals surface area contributed by atoms with Crippen LogP contribution >= 0.6 is 0 Å². The molecule has 1 aliphatic rings. The standard InChI is InChI=1S/C14H24N2O/c1-15-14-8-4-3-6-12(14)10-16(2)11-13-7-5-9-17-13/h5,7,9,12,14-15H,3-4,6,8,10-11H2,1-2H3. The van der Waals surface area contributed by atoms with Crippen LogP contribution in [0, 0.1) is 5.92 Å². The molecule has 1 heterocycles. The first-order valence-corrected chi connectivity index (χ1v) is 6.68. The molecule has 3 heteroatoms. The van der Waals surface area contributed by atoms with Gasteiger partial charge in [0.15, 0.2) is 0 Å². The van der Waals surface area contributed by atoms with E-state index in [0.717, 1.165) is 24.8 Å². The lowest BCUT2D eigenvalue weighted by Crippen LogP contribution is -2.41. The molecule has 2 rings (SSSR count). The molecular formula is C14H24N2O. The van der Waals surface area contributed by atoms with Crippen LogP contribution in [0.15, 0.2) is 22.8 Å². The second kappa shape index (κ2) is 6.22. The summed E-state index contributed by atoms with van der Waals surface area (Å²) in [5.41, 5.74) is 0. The van der Waals surface area contributed by atoms with Gasteiger partial charge in [0.2, 0.25) is 0 Å². The first-order valence-electron chi connectivity index (χ1n) is 6.68. The van der Waals surface area contributed by atoms with Gasteiger partial charge in [0.1, 0.15) is 5.76 Å². The Morgan fingerprint density at radius 1 is 1.41 bits per heavy atom. The Kier molecular flexibility index (Phi) is 4.63. The summed E-state index contributed by atoms with van der Waals surface area (Å²) in [7, 11) is 4.28. The second-order valence-corrected chi connectivity index (χ2v) is 5.22. The van der Waals surface area contributed by atoms with Gasteiger partial charge in [0.25, 0.3) is 0 Å². The lowest BCUT2D eigenvalue weighted by Gasteiger charge is -2.34. The molecule has 17 heavy (non-hydrogen) atoms. The molecule has 1 fully saturated rings. The van der Waals surface area contributed by atoms with E-state index < -0.39 is 0 Å². The van der Waals surface area contributed by atoms with Crippen molar-refractivity contribution in [2.24, 2.45) is 5.92 Å². The quantitative estimate of drug-likeness (QED) is 0.851. The molecule has 0 radical (unpaired) electrons. The van der Waals surface area contributed by atoms with Crippen LogP contribution in [0.2, 0.25) is 0 Å². The Bertz CT molecular complexity index is 310. The van der Waals surface area contributed by atoms with E-state index in [9.17, 15) is 0 Å². The summed E-state index contributed by atoms with van der Waals surface area (Å²) < 4.78 is 5.39. The minimum Gasteiger partial charge on any atom is -0.468 e. The summed E-state index contributed by atoms with van der Waals surface area (Å²) in [5.74, 6) is 1.85. The van der Waals surface area contributed by atoms with Crippen LogP contribution in [0.5, 0.6) is 0 Å². The Morgan fingerprint density at radius 3 is 2.94 bits per heavy atom. The van der Waals surface area contributed by atoms with Gasteiger partial charge >= 0.3 is 0 Å². The summed E-state index contributed by atoms with van der Waals surface area (Å²) in [6.45, 7) is 2.08. The van der Waals surface area contributed by atoms with E-state index in [4.69, 9.17) is 4.42 Å². The minimum atomic E-state index is 0.697. The largest absolute Gasteiger partial charge is 0.468 e. The fraction of sp³-hybridized carbons (Fsp3) is 0.714. The zero-order valence-corrected chi connectivity index (χ0v) is 11.0. The second-order valence-electron chi connectivity index (χ2n) is 5.22. The first kappa shape index (κ1) is 12.7. The Labute approximate surface area is 104 Å². The van der Waals surface area contributed by atoms with Crippen molar-refractivity contribution in [2.45, 2.75) is 38.3 Å². The van der Waals surface area contributed by atoms with Gasteiger partial charge in [-0.3, -0.25) is 4.90 Å². The fourth-order valence-corrected chi connectivity index (χ4v) is 2.94. The van der Waals surface area contributed by atoms with Crippen LogP contribution in [-0.2, 0) is 6.54 Å². The van der Waals surface area contributed by atoms with E-state index in [-0.39, 0.29) is 0 Å². The third-order valence-electron chi connectivity index (χ3n) is 3.83. The molecule has 0 amide bonds. The van der Waals surface area contributed by atoms with Crippen molar-refractivity contribution in [3.05, 3.63) is 24.2 Å². The highest BCUT2D eigenvalue weighted by Crippen LogP contribution is 2.25. The normalized spacial score (nSPS) is 25.4. The summed E-state index contributed by atoms with van der Waals surface area (Å²) in [6.07, 6.45) is 7.20. The van der Waals surface area contributed by atoms with Gasteiger partial charge in [-0.2, -0.15) is 0 Å². The van der Waals surface area contributed by atoms with E-state index >= 15 is 0 Å². The van der Waals surface area contributed by atoms with Gasteiger partial charge in [0.05, 0.1) is 12.8 Å². The summed E-state index contributed by atoms with van der Waals surface area (Å²) in [6, 6.07) is 4.70. The van der Waals surface area contributed by atoms with Crippen molar-refractivity contribution in [1.29, 1.82) is 0 Å². The van der Waals surface area contributed by atoms with Gasteiger partial charge in [-0.1, -0.05) is 12.8 Å². The van der Waals surface area contributed by atoms with Crippen LogP contribution in [0.25, 0.3) is 0 Å². The zero-order chi connectivity index (χ0) is 12.1. The number of rotatable bonds is 5. The monoisotopic (exact) mass is 236 g/mol. The molecule has 2 atom stereocenters. The van der Waals surface area contributed by atoms with Gasteiger partial charge in [0, 0.05) is 12.6 Å². The average Bonchev–Trinajstić information content (AvgIpc) is 2.82. The lowest BCUT2D eigenvalue weighted by molar-refractivity contribution is 0.183. The molecule has 1 aromatic heterocycles. The molecule has 2 unspecified atom stereocenters. The number of nitrogens with zero attached hydrogens (tertiary/aromatic N) is 1. The predicted octanol–water partition coefficient (Wildman–Crippen LogP) is 2.49. The Hall–Kier alpha value is -0.800. The van der Waals surface area contributed by atoms with E-state index in [2.05, 4.69) is 24.3 Å². The van der Waals surface area contributed by atoms with Crippen molar-refractivity contribution in [1.82, 2.24) is 10.2 Å². The van der Waals surface area contributed by atoms with Crippen molar-refractivity contribution >= 4 is 0 Å². The zero-order valence-electron chi connectivity index (χ0n) is 11.0. The molecule has 0 aromatic carbocycles. The summed E-state index contributed by atoms with van der Waals surface area (Å²) in [5, 5.41) is 3.47. The maximum Gasteiger partial charge on any atom is 0.117 e. The smallest absolute Gasteiger partial charge is 0.117 e. The molecule has 96 valence electrons. The van der Waals surface area contributed by atoms with Crippen LogP contribution in [0.3, 0.4) is 0 Å². The van der Waals surface area contributed by atoms with E-state index in [1.165, 1.54) is 25.7 Å². The van der Waals surface area contributed by atoms with Crippen molar-refractivity contribution in [3.63, 3.8) is 0 Å². The van der Waals surface area contributed by atoms with Gasteiger partial charge in [-0.25, -0.2) is 0 Å². The maximum atomic E-state index is 5.39. The highest BCUT2D eigenvalue weighted by atomic mass is 16.3. The molecule has 0 saturated heterocycles. The van der Waals surface area contributed by atoms with Crippen molar-refractivity contribution in [3.8, 4) is 0 Å². The Balaban J connectivity index is 1.82. The lowest BCUT2D eigenvalue weighted by atomic mass is 9.84. The van der Waals surface area contributed by atoms with Crippen molar-refractivity contribution in [2.75, 3.05) is 20.6 Å². The van der Waals surface area contributed by atoms with Crippen LogP contribution in [0.1, 0.15) is 31.4 Å². The van der Waals surface area contributed by atoms with Crippen molar-refractivity contribution < 1.29 is 4.42 Å². The highest BCUT2D eigenvalue weighted by Gasteiger charge is 2.24. The molecule has 1 aromatic rings. The average molecular weight is 236 g/mol. The van der Waals surface area contributed by atoms with Crippen LogP contribution in [0.4, 0.5) is 0 Å². The number of nitrogens with one attached hydrogen (secondary N) is 1. The molecule has 1 aliphatic carbocycles. The van der Waals surface area contributed by atoms with Gasteiger partial charge in [-0.15, -0.1) is 0 Å². The molecule has 0 bridgehead atoms. The van der Waals surface area contributed by atoms with Crippen LogP contribution < -0.4 is 5.32 Å². The molecule has 3 nitrogen and oxygen atoms in total. The SMILES string of the molecule is CNC1CCCCC1CN(C)Cc1ccco1. The summed E-state index contributed by atoms with van der Waals surface area (Å²) in [4.78, 5) is 2.37. The number of hydrogen-bond acceptors (Lipinski definition) is 3. The van der Waals surface area contributed by atoms with E-state index in [0.29, 0.717) is 6.04 Å². The molecule has 1 saturated carbocycles.